The van der Waals surface area contributed by atoms with Crippen molar-refractivity contribution >= 4 is 22.6 Å². The third-order valence-corrected chi connectivity index (χ3v) is 5.45. The molecule has 0 aliphatic carbocycles. The number of hydrogen-bond acceptors (Lipinski definition) is 2. The second kappa shape index (κ2) is 10.3. The van der Waals surface area contributed by atoms with Crippen molar-refractivity contribution < 1.29 is 9.59 Å². The number of benzene rings is 2. The average molecular weight is 420 g/mol. The van der Waals surface area contributed by atoms with E-state index in [9.17, 15) is 9.59 Å². The summed E-state index contributed by atoms with van der Waals surface area (Å²) in [6, 6.07) is 17.8. The molecule has 164 valence electrons. The number of rotatable bonds is 9. The van der Waals surface area contributed by atoms with Gasteiger partial charge in [-0.2, -0.15) is 0 Å². The fraction of sp³-hybridized carbons (Fsp3) is 0.385. The largest absolute Gasteiger partial charge is 0.353 e. The molecule has 0 saturated heterocycles. The van der Waals surface area contributed by atoms with E-state index in [0.717, 1.165) is 22.9 Å². The summed E-state index contributed by atoms with van der Waals surface area (Å²) in [4.78, 5) is 30.1. The molecule has 0 unspecified atom stereocenters. The van der Waals surface area contributed by atoms with Gasteiger partial charge in [0.25, 0.3) is 5.91 Å². The fourth-order valence-electron chi connectivity index (χ4n) is 3.84. The summed E-state index contributed by atoms with van der Waals surface area (Å²) in [5, 5.41) is 2.13. The molecule has 0 N–H and O–H groups in total. The summed E-state index contributed by atoms with van der Waals surface area (Å²) in [6.45, 7) is 8.10. The van der Waals surface area contributed by atoms with Gasteiger partial charge in [-0.25, -0.2) is 0 Å². The van der Waals surface area contributed by atoms with E-state index >= 15 is 0 Å². The van der Waals surface area contributed by atoms with Gasteiger partial charge in [0.05, 0.1) is 6.54 Å². The van der Waals surface area contributed by atoms with Crippen LogP contribution in [0.4, 0.5) is 0 Å². The number of aryl methyl sites for hydroxylation is 1. The molecule has 2 aromatic carbocycles. The number of carbonyl (C=O) groups excluding carboxylic acids is 2. The lowest BCUT2D eigenvalue weighted by Gasteiger charge is -2.29. The molecule has 0 aliphatic heterocycles. The molecule has 0 saturated carbocycles. The van der Waals surface area contributed by atoms with E-state index in [1.54, 1.807) is 4.90 Å². The molecule has 31 heavy (non-hydrogen) atoms. The predicted octanol–water partition coefficient (Wildman–Crippen LogP) is 4.72. The van der Waals surface area contributed by atoms with Crippen LogP contribution in [0.1, 0.15) is 43.2 Å². The first-order valence-corrected chi connectivity index (χ1v) is 11.0. The molecule has 0 aliphatic rings. The van der Waals surface area contributed by atoms with Gasteiger partial charge in [-0.1, -0.05) is 51.1 Å². The smallest absolute Gasteiger partial charge is 0.254 e. The van der Waals surface area contributed by atoms with Gasteiger partial charge in [-0.05, 0) is 47.4 Å². The molecular formula is C26H33N3O2. The third-order valence-electron chi connectivity index (χ3n) is 5.45. The first kappa shape index (κ1) is 22.6. The van der Waals surface area contributed by atoms with E-state index in [1.807, 2.05) is 84.2 Å². The maximum Gasteiger partial charge on any atom is 0.254 e. The number of fused-ring (bicyclic) bond motifs is 1. The molecule has 0 bridgehead atoms. The predicted molar refractivity (Wildman–Crippen MR) is 126 cm³/mol. The zero-order chi connectivity index (χ0) is 22.4. The Kier molecular flexibility index (Phi) is 7.50. The Bertz CT molecular complexity index is 1040. The Morgan fingerprint density at radius 2 is 1.71 bits per heavy atom. The van der Waals surface area contributed by atoms with Gasteiger partial charge in [-0.15, -0.1) is 0 Å². The van der Waals surface area contributed by atoms with Crippen molar-refractivity contribution in [3.8, 4) is 0 Å². The van der Waals surface area contributed by atoms with Gasteiger partial charge in [0.1, 0.15) is 6.54 Å². The standard InChI is InChI=1S/C26H33N3O2/c1-5-14-28(26(31)23-13-12-21-9-6-7-10-22(21)16-23)19-25(30)29(17-20(2)3)18-24-11-8-15-27(24)4/h6-13,15-16,20H,5,14,17-19H2,1-4H3. The van der Waals surface area contributed by atoms with Gasteiger partial charge in [0.2, 0.25) is 5.91 Å². The minimum absolute atomic E-state index is 0.0162. The van der Waals surface area contributed by atoms with E-state index in [4.69, 9.17) is 0 Å². The van der Waals surface area contributed by atoms with Gasteiger partial charge < -0.3 is 14.4 Å². The summed E-state index contributed by atoms with van der Waals surface area (Å²) < 4.78 is 2.03. The SMILES string of the molecule is CCCN(CC(=O)N(Cc1cccn1C)CC(C)C)C(=O)c1ccc2ccccc2c1. The molecule has 1 heterocycles. The van der Waals surface area contributed by atoms with Crippen LogP contribution < -0.4 is 0 Å². The van der Waals surface area contributed by atoms with E-state index < -0.39 is 0 Å². The molecule has 0 atom stereocenters. The molecular weight excluding hydrogens is 386 g/mol. The molecule has 1 aromatic heterocycles. The molecule has 5 heteroatoms. The van der Waals surface area contributed by atoms with Gasteiger partial charge in [0.15, 0.2) is 0 Å². The zero-order valence-corrected chi connectivity index (χ0v) is 19.0. The van der Waals surface area contributed by atoms with Crippen molar-refractivity contribution in [3.63, 3.8) is 0 Å². The van der Waals surface area contributed by atoms with Gasteiger partial charge >= 0.3 is 0 Å². The van der Waals surface area contributed by atoms with Crippen LogP contribution in [-0.2, 0) is 18.4 Å². The van der Waals surface area contributed by atoms with Crippen LogP contribution in [0.5, 0.6) is 0 Å². The third kappa shape index (κ3) is 5.75. The molecule has 2 amide bonds. The van der Waals surface area contributed by atoms with Crippen LogP contribution in [-0.4, -0.2) is 45.8 Å². The molecule has 5 nitrogen and oxygen atoms in total. The number of aromatic nitrogens is 1. The summed E-state index contributed by atoms with van der Waals surface area (Å²) in [5.74, 6) is 0.238. The van der Waals surface area contributed by atoms with Crippen LogP contribution in [0.15, 0.2) is 60.8 Å². The second-order valence-corrected chi connectivity index (χ2v) is 8.57. The van der Waals surface area contributed by atoms with Crippen LogP contribution in [0, 0.1) is 5.92 Å². The Balaban J connectivity index is 1.79. The van der Waals surface area contributed by atoms with E-state index in [1.165, 1.54) is 0 Å². The van der Waals surface area contributed by atoms with Crippen LogP contribution >= 0.6 is 0 Å². The Hall–Kier alpha value is -3.08. The Labute approximate surface area is 185 Å². The highest BCUT2D eigenvalue weighted by Crippen LogP contribution is 2.18. The number of nitrogens with zero attached hydrogens (tertiary/aromatic N) is 3. The minimum Gasteiger partial charge on any atom is -0.353 e. The lowest BCUT2D eigenvalue weighted by molar-refractivity contribution is -0.133. The molecule has 0 fully saturated rings. The van der Waals surface area contributed by atoms with Crippen molar-refractivity contribution in [2.24, 2.45) is 13.0 Å². The Morgan fingerprint density at radius 3 is 2.35 bits per heavy atom. The van der Waals surface area contributed by atoms with E-state index in [0.29, 0.717) is 31.1 Å². The zero-order valence-electron chi connectivity index (χ0n) is 19.0. The lowest BCUT2D eigenvalue weighted by atomic mass is 10.1. The normalized spacial score (nSPS) is 11.1. The topological polar surface area (TPSA) is 45.6 Å². The minimum atomic E-state index is -0.0932. The number of amides is 2. The highest BCUT2D eigenvalue weighted by molar-refractivity contribution is 6.00. The summed E-state index contributed by atoms with van der Waals surface area (Å²) in [7, 11) is 1.99. The van der Waals surface area contributed by atoms with Crippen LogP contribution in [0.2, 0.25) is 0 Å². The summed E-state index contributed by atoms with van der Waals surface area (Å²) >= 11 is 0. The monoisotopic (exact) mass is 419 g/mol. The van der Waals surface area contributed by atoms with Crippen molar-refractivity contribution in [1.82, 2.24) is 14.4 Å². The number of carbonyl (C=O) groups is 2. The van der Waals surface area contributed by atoms with Gasteiger partial charge in [-0.3, -0.25) is 9.59 Å². The van der Waals surface area contributed by atoms with Crippen molar-refractivity contribution in [1.29, 1.82) is 0 Å². The summed E-state index contributed by atoms with van der Waals surface area (Å²) in [6.07, 6.45) is 2.79. The van der Waals surface area contributed by atoms with Crippen LogP contribution in [0.25, 0.3) is 10.8 Å². The van der Waals surface area contributed by atoms with Crippen LogP contribution in [0.3, 0.4) is 0 Å². The van der Waals surface area contributed by atoms with E-state index in [-0.39, 0.29) is 18.4 Å². The quantitative estimate of drug-likeness (QED) is 0.504. The van der Waals surface area contributed by atoms with Crippen molar-refractivity contribution in [2.75, 3.05) is 19.6 Å². The van der Waals surface area contributed by atoms with E-state index in [2.05, 4.69) is 13.8 Å². The molecule has 3 aromatic rings. The highest BCUT2D eigenvalue weighted by Gasteiger charge is 2.23. The fourth-order valence-corrected chi connectivity index (χ4v) is 3.84. The lowest BCUT2D eigenvalue weighted by Crippen LogP contribution is -2.44. The molecule has 0 spiro atoms. The maximum atomic E-state index is 13.3. The average Bonchev–Trinajstić information content (AvgIpc) is 3.16. The van der Waals surface area contributed by atoms with Gasteiger partial charge in [0, 0.05) is 37.6 Å². The van der Waals surface area contributed by atoms with Crippen molar-refractivity contribution in [2.45, 2.75) is 33.7 Å². The first-order valence-electron chi connectivity index (χ1n) is 11.0. The number of hydrogen-bond donors (Lipinski definition) is 0. The molecule has 3 rings (SSSR count). The highest BCUT2D eigenvalue weighted by atomic mass is 16.2. The van der Waals surface area contributed by atoms with Crippen molar-refractivity contribution in [3.05, 3.63) is 72.1 Å². The second-order valence-electron chi connectivity index (χ2n) is 8.57. The maximum absolute atomic E-state index is 13.3. The molecule has 0 radical (unpaired) electrons. The summed E-state index contributed by atoms with van der Waals surface area (Å²) in [5.41, 5.74) is 1.70. The Morgan fingerprint density at radius 1 is 0.968 bits per heavy atom. The first-order chi connectivity index (χ1) is 14.9.